The molecular weight excluding hydrogens is 293 g/mol. The van der Waals surface area contributed by atoms with Gasteiger partial charge < -0.3 is 5.32 Å². The fourth-order valence-electron chi connectivity index (χ4n) is 2.88. The first kappa shape index (κ1) is 14.0. The third-order valence-electron chi connectivity index (χ3n) is 3.83. The molecular formula is C15H21BrFN. The molecule has 100 valence electrons. The molecule has 1 saturated carbocycles. The van der Waals surface area contributed by atoms with Crippen LogP contribution in [-0.2, 0) is 0 Å². The molecule has 1 aliphatic carbocycles. The first-order valence-electron chi connectivity index (χ1n) is 6.77. The third-order valence-corrected chi connectivity index (χ3v) is 4.44. The lowest BCUT2D eigenvalue weighted by atomic mass is 9.88. The molecule has 1 aliphatic rings. The van der Waals surface area contributed by atoms with E-state index < -0.39 is 0 Å². The summed E-state index contributed by atoms with van der Waals surface area (Å²) in [5, 5.41) is 3.49. The normalized spacial score (nSPS) is 23.8. The molecule has 18 heavy (non-hydrogen) atoms. The van der Waals surface area contributed by atoms with E-state index in [4.69, 9.17) is 0 Å². The Hall–Kier alpha value is -0.410. The Kier molecular flexibility index (Phi) is 4.79. The third kappa shape index (κ3) is 3.12. The van der Waals surface area contributed by atoms with Crippen molar-refractivity contribution in [2.45, 2.75) is 45.1 Å². The maximum atomic E-state index is 14.2. The zero-order valence-electron chi connectivity index (χ0n) is 11.0. The highest BCUT2D eigenvalue weighted by Crippen LogP contribution is 2.41. The Morgan fingerprint density at radius 2 is 2.17 bits per heavy atom. The summed E-state index contributed by atoms with van der Waals surface area (Å²) in [6.45, 7) is 5.31. The topological polar surface area (TPSA) is 12.0 Å². The number of benzene rings is 1. The Bertz CT molecular complexity index is 405. The number of rotatable bonds is 4. The molecule has 0 amide bonds. The fourth-order valence-corrected chi connectivity index (χ4v) is 3.27. The van der Waals surface area contributed by atoms with Crippen molar-refractivity contribution >= 4 is 15.9 Å². The van der Waals surface area contributed by atoms with Crippen LogP contribution in [0.5, 0.6) is 0 Å². The van der Waals surface area contributed by atoms with E-state index in [1.165, 1.54) is 12.8 Å². The van der Waals surface area contributed by atoms with Gasteiger partial charge in [0.1, 0.15) is 5.82 Å². The summed E-state index contributed by atoms with van der Waals surface area (Å²) in [5.41, 5.74) is 0.887. The average molecular weight is 314 g/mol. The Labute approximate surface area is 117 Å². The molecule has 0 heterocycles. The first-order valence-corrected chi connectivity index (χ1v) is 7.56. The summed E-state index contributed by atoms with van der Waals surface area (Å²) in [5.74, 6) is 0.865. The van der Waals surface area contributed by atoms with Gasteiger partial charge in [-0.05, 0) is 58.8 Å². The van der Waals surface area contributed by atoms with Crippen LogP contribution in [0.2, 0.25) is 0 Å². The van der Waals surface area contributed by atoms with Gasteiger partial charge in [-0.2, -0.15) is 0 Å². The van der Waals surface area contributed by atoms with Crippen molar-refractivity contribution in [3.8, 4) is 0 Å². The van der Waals surface area contributed by atoms with Crippen molar-refractivity contribution in [2.24, 2.45) is 5.92 Å². The van der Waals surface area contributed by atoms with E-state index in [2.05, 4.69) is 35.1 Å². The van der Waals surface area contributed by atoms with Crippen LogP contribution in [0.1, 0.15) is 44.6 Å². The van der Waals surface area contributed by atoms with Gasteiger partial charge in [-0.1, -0.05) is 32.4 Å². The zero-order valence-corrected chi connectivity index (χ0v) is 12.6. The SMILES string of the molecule is CC(C)NCC1CCCC1c1cccc(Br)c1F. The monoisotopic (exact) mass is 313 g/mol. The average Bonchev–Trinajstić information content (AvgIpc) is 2.78. The summed E-state index contributed by atoms with van der Waals surface area (Å²) < 4.78 is 14.7. The molecule has 2 rings (SSSR count). The molecule has 0 radical (unpaired) electrons. The van der Waals surface area contributed by atoms with Crippen LogP contribution in [0.3, 0.4) is 0 Å². The van der Waals surface area contributed by atoms with Crippen molar-refractivity contribution < 1.29 is 4.39 Å². The lowest BCUT2D eigenvalue weighted by molar-refractivity contribution is 0.413. The Balaban J connectivity index is 2.13. The maximum Gasteiger partial charge on any atom is 0.140 e. The van der Waals surface area contributed by atoms with Gasteiger partial charge in [-0.15, -0.1) is 0 Å². The highest BCUT2D eigenvalue weighted by Gasteiger charge is 2.30. The molecule has 3 heteroatoms. The molecule has 2 unspecified atom stereocenters. The van der Waals surface area contributed by atoms with Crippen LogP contribution < -0.4 is 5.32 Å². The Morgan fingerprint density at radius 3 is 2.89 bits per heavy atom. The molecule has 0 aliphatic heterocycles. The van der Waals surface area contributed by atoms with Crippen LogP contribution in [0.4, 0.5) is 4.39 Å². The predicted molar refractivity (Wildman–Crippen MR) is 77.3 cm³/mol. The summed E-state index contributed by atoms with van der Waals surface area (Å²) in [7, 11) is 0. The number of nitrogens with one attached hydrogen (secondary N) is 1. The van der Waals surface area contributed by atoms with Crippen molar-refractivity contribution in [3.63, 3.8) is 0 Å². The molecule has 1 aromatic rings. The molecule has 0 spiro atoms. The van der Waals surface area contributed by atoms with E-state index in [-0.39, 0.29) is 5.82 Å². The predicted octanol–water partition coefficient (Wildman–Crippen LogP) is 4.47. The smallest absolute Gasteiger partial charge is 0.140 e. The van der Waals surface area contributed by atoms with E-state index in [0.29, 0.717) is 22.4 Å². The molecule has 1 fully saturated rings. The van der Waals surface area contributed by atoms with Gasteiger partial charge in [0.05, 0.1) is 4.47 Å². The van der Waals surface area contributed by atoms with Gasteiger partial charge in [-0.3, -0.25) is 0 Å². The van der Waals surface area contributed by atoms with Gasteiger partial charge >= 0.3 is 0 Å². The van der Waals surface area contributed by atoms with Crippen LogP contribution in [0, 0.1) is 11.7 Å². The maximum absolute atomic E-state index is 14.2. The van der Waals surface area contributed by atoms with Crippen LogP contribution >= 0.6 is 15.9 Å². The minimum atomic E-state index is -0.0704. The van der Waals surface area contributed by atoms with E-state index in [1.807, 2.05) is 12.1 Å². The van der Waals surface area contributed by atoms with Crippen molar-refractivity contribution in [1.29, 1.82) is 0 Å². The minimum absolute atomic E-state index is 0.0704. The first-order chi connectivity index (χ1) is 8.59. The summed E-state index contributed by atoms with van der Waals surface area (Å²) in [6, 6.07) is 6.15. The van der Waals surface area contributed by atoms with Crippen LogP contribution in [0.15, 0.2) is 22.7 Å². The second-order valence-corrected chi connectivity index (χ2v) is 6.36. The highest BCUT2D eigenvalue weighted by molar-refractivity contribution is 9.10. The van der Waals surface area contributed by atoms with Gasteiger partial charge in [-0.25, -0.2) is 4.39 Å². The van der Waals surface area contributed by atoms with Crippen molar-refractivity contribution in [3.05, 3.63) is 34.1 Å². The van der Waals surface area contributed by atoms with E-state index in [9.17, 15) is 4.39 Å². The molecule has 0 bridgehead atoms. The van der Waals surface area contributed by atoms with E-state index in [1.54, 1.807) is 6.07 Å². The van der Waals surface area contributed by atoms with Gasteiger partial charge in [0.15, 0.2) is 0 Å². The van der Waals surface area contributed by atoms with Crippen LogP contribution in [0.25, 0.3) is 0 Å². The lowest BCUT2D eigenvalue weighted by Gasteiger charge is -2.22. The van der Waals surface area contributed by atoms with E-state index >= 15 is 0 Å². The number of hydrogen-bond acceptors (Lipinski definition) is 1. The van der Waals surface area contributed by atoms with Crippen molar-refractivity contribution in [1.82, 2.24) is 5.32 Å². The van der Waals surface area contributed by atoms with Gasteiger partial charge in [0.25, 0.3) is 0 Å². The van der Waals surface area contributed by atoms with E-state index in [0.717, 1.165) is 18.5 Å². The quantitative estimate of drug-likeness (QED) is 0.864. The lowest BCUT2D eigenvalue weighted by Crippen LogP contribution is -2.30. The van der Waals surface area contributed by atoms with Crippen LogP contribution in [-0.4, -0.2) is 12.6 Å². The Morgan fingerprint density at radius 1 is 1.39 bits per heavy atom. The highest BCUT2D eigenvalue weighted by atomic mass is 79.9. The number of halogens is 2. The second kappa shape index (κ2) is 6.16. The van der Waals surface area contributed by atoms with Gasteiger partial charge in [0.2, 0.25) is 0 Å². The van der Waals surface area contributed by atoms with Crippen molar-refractivity contribution in [2.75, 3.05) is 6.54 Å². The molecule has 1 nitrogen and oxygen atoms in total. The molecule has 0 aromatic heterocycles. The van der Waals surface area contributed by atoms with Gasteiger partial charge in [0, 0.05) is 6.04 Å². The fraction of sp³-hybridized carbons (Fsp3) is 0.600. The summed E-state index contributed by atoms with van der Waals surface area (Å²) in [6.07, 6.45) is 3.52. The summed E-state index contributed by atoms with van der Waals surface area (Å²) in [4.78, 5) is 0. The largest absolute Gasteiger partial charge is 0.314 e. The molecule has 0 saturated heterocycles. The molecule has 1 aromatic carbocycles. The second-order valence-electron chi connectivity index (χ2n) is 5.50. The minimum Gasteiger partial charge on any atom is -0.314 e. The number of hydrogen-bond donors (Lipinski definition) is 1. The molecule has 2 atom stereocenters. The zero-order chi connectivity index (χ0) is 13.1. The standard InChI is InChI=1S/C15H21BrFN/c1-10(2)18-9-11-5-3-6-12(11)13-7-4-8-14(16)15(13)17/h4,7-8,10-12,18H,3,5-6,9H2,1-2H3. The molecule has 1 N–H and O–H groups in total. The summed E-state index contributed by atoms with van der Waals surface area (Å²) >= 11 is 3.28.